The summed E-state index contributed by atoms with van der Waals surface area (Å²) in [6.07, 6.45) is 3.42. The van der Waals surface area contributed by atoms with Gasteiger partial charge in [0, 0.05) is 21.1 Å². The lowest BCUT2D eigenvalue weighted by Crippen LogP contribution is -2.37. The molecule has 10 nitrogen and oxygen atoms in total. The second-order valence-corrected chi connectivity index (χ2v) is 6.53. The van der Waals surface area contributed by atoms with Gasteiger partial charge >= 0.3 is 11.7 Å². The van der Waals surface area contributed by atoms with Crippen molar-refractivity contribution in [3.05, 3.63) is 49.9 Å². The molecular formula is C20H22N4O6. The van der Waals surface area contributed by atoms with E-state index in [4.69, 9.17) is 14.2 Å². The van der Waals surface area contributed by atoms with Gasteiger partial charge in [0.25, 0.3) is 5.56 Å². The molecule has 0 aliphatic rings. The van der Waals surface area contributed by atoms with Gasteiger partial charge in [0.05, 0.1) is 21.3 Å². The third-order valence-electron chi connectivity index (χ3n) is 4.85. The van der Waals surface area contributed by atoms with Crippen molar-refractivity contribution in [3.8, 4) is 11.5 Å². The summed E-state index contributed by atoms with van der Waals surface area (Å²) in [5.74, 6) is 0.480. The summed E-state index contributed by atoms with van der Waals surface area (Å²) in [5.41, 5.74) is 0.588. The van der Waals surface area contributed by atoms with E-state index in [0.717, 1.165) is 4.57 Å². The Bertz CT molecular complexity index is 1270. The number of methoxy groups -OCH3 is 3. The van der Waals surface area contributed by atoms with Crippen LogP contribution in [-0.2, 0) is 25.9 Å². The Hall–Kier alpha value is -3.82. The molecular weight excluding hydrogens is 392 g/mol. The zero-order chi connectivity index (χ0) is 22.2. The van der Waals surface area contributed by atoms with Crippen LogP contribution < -0.4 is 20.7 Å². The van der Waals surface area contributed by atoms with Gasteiger partial charge in [-0.1, -0.05) is 6.08 Å². The Morgan fingerprint density at radius 2 is 1.53 bits per heavy atom. The Kier molecular flexibility index (Phi) is 5.50. The first-order valence-corrected chi connectivity index (χ1v) is 8.90. The van der Waals surface area contributed by atoms with E-state index in [-0.39, 0.29) is 5.56 Å². The number of fused-ring (bicyclic) bond motifs is 1. The normalized spacial score (nSPS) is 11.3. The molecule has 0 spiro atoms. The highest BCUT2D eigenvalue weighted by atomic mass is 16.5. The quantitative estimate of drug-likeness (QED) is 0.572. The average molecular weight is 414 g/mol. The van der Waals surface area contributed by atoms with Gasteiger partial charge in [0.2, 0.25) is 0 Å². The fourth-order valence-corrected chi connectivity index (χ4v) is 3.19. The minimum Gasteiger partial charge on any atom is -0.496 e. The van der Waals surface area contributed by atoms with Gasteiger partial charge in [-0.15, -0.1) is 0 Å². The number of imidazole rings is 1. The smallest absolute Gasteiger partial charge is 0.345 e. The molecule has 30 heavy (non-hydrogen) atoms. The molecule has 0 saturated heterocycles. The number of hydrogen-bond acceptors (Lipinski definition) is 7. The van der Waals surface area contributed by atoms with Crippen LogP contribution in [0.15, 0.2) is 21.7 Å². The van der Waals surface area contributed by atoms with Crippen molar-refractivity contribution in [2.24, 2.45) is 21.1 Å². The number of aromatic nitrogens is 4. The molecule has 1 aromatic carbocycles. The SMILES string of the molecule is COC(=O)c1c(OC)cc(/C=C/c2nc3c(c(=O)n(C)c(=O)n3C)n2C)cc1OC. The molecule has 0 aliphatic carbocycles. The van der Waals surface area contributed by atoms with E-state index in [2.05, 4.69) is 4.98 Å². The topological polar surface area (TPSA) is 107 Å². The van der Waals surface area contributed by atoms with Crippen molar-refractivity contribution in [1.29, 1.82) is 0 Å². The molecule has 2 aromatic heterocycles. The van der Waals surface area contributed by atoms with E-state index in [1.54, 1.807) is 42.9 Å². The molecule has 0 atom stereocenters. The first kappa shape index (κ1) is 20.9. The fraction of sp³-hybridized carbons (Fsp3) is 0.300. The van der Waals surface area contributed by atoms with Crippen molar-refractivity contribution < 1.29 is 19.0 Å². The van der Waals surface area contributed by atoms with Crippen LogP contribution in [0.2, 0.25) is 0 Å². The molecule has 158 valence electrons. The van der Waals surface area contributed by atoms with Crippen molar-refractivity contribution in [3.63, 3.8) is 0 Å². The Balaban J connectivity index is 2.14. The average Bonchev–Trinajstić information content (AvgIpc) is 3.09. The molecule has 0 saturated carbocycles. The molecule has 2 heterocycles. The van der Waals surface area contributed by atoms with Crippen LogP contribution in [0, 0.1) is 0 Å². The summed E-state index contributed by atoms with van der Waals surface area (Å²) in [6, 6.07) is 3.31. The summed E-state index contributed by atoms with van der Waals surface area (Å²) < 4.78 is 19.4. The van der Waals surface area contributed by atoms with E-state index < -0.39 is 17.2 Å². The summed E-state index contributed by atoms with van der Waals surface area (Å²) in [6.45, 7) is 0. The molecule has 0 fully saturated rings. The number of benzene rings is 1. The monoisotopic (exact) mass is 414 g/mol. The third kappa shape index (κ3) is 3.25. The maximum Gasteiger partial charge on any atom is 0.345 e. The van der Waals surface area contributed by atoms with Crippen LogP contribution >= 0.6 is 0 Å². The molecule has 10 heteroatoms. The zero-order valence-electron chi connectivity index (χ0n) is 17.5. The van der Waals surface area contributed by atoms with Gasteiger partial charge in [-0.3, -0.25) is 13.9 Å². The fourth-order valence-electron chi connectivity index (χ4n) is 3.19. The highest BCUT2D eigenvalue weighted by molar-refractivity contribution is 5.96. The molecule has 0 N–H and O–H groups in total. The zero-order valence-corrected chi connectivity index (χ0v) is 17.5. The third-order valence-corrected chi connectivity index (χ3v) is 4.85. The summed E-state index contributed by atoms with van der Waals surface area (Å²) in [5, 5.41) is 0. The van der Waals surface area contributed by atoms with Crippen LogP contribution in [0.5, 0.6) is 11.5 Å². The highest BCUT2D eigenvalue weighted by Gasteiger charge is 2.20. The minimum atomic E-state index is -0.577. The van der Waals surface area contributed by atoms with Crippen LogP contribution in [0.1, 0.15) is 21.7 Å². The standard InChI is InChI=1S/C20H22N4O6/c1-22-14(21-17-16(22)18(25)24(3)20(27)23(17)2)8-7-11-9-12(28-4)15(19(26)30-6)13(10-11)29-5/h7-10H,1-6H3/b8-7+. The molecule has 0 aliphatic heterocycles. The van der Waals surface area contributed by atoms with Gasteiger partial charge in [0.1, 0.15) is 22.9 Å². The number of carbonyl (C=O) groups is 1. The number of hydrogen-bond donors (Lipinski definition) is 0. The maximum absolute atomic E-state index is 12.5. The van der Waals surface area contributed by atoms with Gasteiger partial charge in [-0.25, -0.2) is 14.6 Å². The summed E-state index contributed by atoms with van der Waals surface area (Å²) >= 11 is 0. The van der Waals surface area contributed by atoms with Gasteiger partial charge in [0.15, 0.2) is 11.2 Å². The molecule has 0 bridgehead atoms. The van der Waals surface area contributed by atoms with Gasteiger partial charge < -0.3 is 18.8 Å². The van der Waals surface area contributed by atoms with E-state index in [1.807, 2.05) is 0 Å². The molecule has 3 rings (SSSR count). The number of aryl methyl sites for hydroxylation is 2. The first-order valence-electron chi connectivity index (χ1n) is 8.90. The van der Waals surface area contributed by atoms with Crippen LogP contribution in [0.25, 0.3) is 23.3 Å². The van der Waals surface area contributed by atoms with E-state index in [9.17, 15) is 14.4 Å². The van der Waals surface area contributed by atoms with Crippen molar-refractivity contribution >= 4 is 29.3 Å². The number of carbonyl (C=O) groups excluding carboxylic acids is 1. The molecule has 0 amide bonds. The lowest BCUT2D eigenvalue weighted by molar-refractivity contribution is 0.0593. The van der Waals surface area contributed by atoms with E-state index >= 15 is 0 Å². The summed E-state index contributed by atoms with van der Waals surface area (Å²) in [7, 11) is 8.84. The van der Waals surface area contributed by atoms with Gasteiger partial charge in [-0.2, -0.15) is 0 Å². The lowest BCUT2D eigenvalue weighted by Gasteiger charge is -2.12. The number of ether oxygens (including phenoxy) is 3. The predicted molar refractivity (Wildman–Crippen MR) is 111 cm³/mol. The molecule has 0 unspecified atom stereocenters. The van der Waals surface area contributed by atoms with Crippen LogP contribution in [0.3, 0.4) is 0 Å². The van der Waals surface area contributed by atoms with E-state index in [0.29, 0.717) is 34.1 Å². The lowest BCUT2D eigenvalue weighted by atomic mass is 10.1. The maximum atomic E-state index is 12.5. The van der Waals surface area contributed by atoms with Crippen molar-refractivity contribution in [1.82, 2.24) is 18.7 Å². The number of esters is 1. The van der Waals surface area contributed by atoms with Crippen molar-refractivity contribution in [2.75, 3.05) is 21.3 Å². The first-order chi connectivity index (χ1) is 14.2. The Morgan fingerprint density at radius 1 is 0.933 bits per heavy atom. The predicted octanol–water partition coefficient (Wildman–Crippen LogP) is 0.945. The highest BCUT2D eigenvalue weighted by Crippen LogP contribution is 2.32. The largest absolute Gasteiger partial charge is 0.496 e. The Morgan fingerprint density at radius 3 is 2.07 bits per heavy atom. The van der Waals surface area contributed by atoms with E-state index in [1.165, 1.54) is 32.9 Å². The van der Waals surface area contributed by atoms with Gasteiger partial charge in [-0.05, 0) is 23.8 Å². The van der Waals surface area contributed by atoms with Crippen LogP contribution in [-0.4, -0.2) is 46.0 Å². The number of nitrogens with zero attached hydrogens (tertiary/aromatic N) is 4. The number of rotatable bonds is 5. The molecule has 0 radical (unpaired) electrons. The summed E-state index contributed by atoms with van der Waals surface area (Å²) in [4.78, 5) is 41.1. The Labute approximate surface area is 171 Å². The minimum absolute atomic E-state index is 0.181. The van der Waals surface area contributed by atoms with Crippen molar-refractivity contribution in [2.45, 2.75) is 0 Å². The second-order valence-electron chi connectivity index (χ2n) is 6.53. The van der Waals surface area contributed by atoms with Crippen LogP contribution in [0.4, 0.5) is 0 Å². The second kappa shape index (κ2) is 7.90. The molecule has 3 aromatic rings.